The minimum atomic E-state index is -0.937. The SMILES string of the molecule is [2H]c1c([2H])c([2H])c(-c2cccc(-c3c([2H])c([2H])c([2H])c(-n4c5c([2H])c([2H])c([2H])c([2H])c5c5c([2H])c(-n6c7c([2H])c([2H])c([2H])c([2H])c7c7c([2H])c([2H])c([2H])c([2H])c76)c([2H])c([2H])c54)c3[2H])c2)c([2H])c1[2H]. The minimum Gasteiger partial charge on any atom is -0.309 e. The summed E-state index contributed by atoms with van der Waals surface area (Å²) >= 11 is 0. The Morgan fingerprint density at radius 1 is 0.364 bits per heavy atom. The van der Waals surface area contributed by atoms with Gasteiger partial charge in [-0.15, -0.1) is 0 Å². The molecule has 0 aliphatic carbocycles. The second-order valence-corrected chi connectivity index (χ2v) is 9.59. The molecule has 0 radical (unpaired) electrons. The summed E-state index contributed by atoms with van der Waals surface area (Å²) in [4.78, 5) is 0. The molecule has 44 heavy (non-hydrogen) atoms. The minimum absolute atomic E-state index is 0.0297. The molecule has 2 nitrogen and oxygen atoms in total. The molecule has 0 bridgehead atoms. The first-order valence-corrected chi connectivity index (χ1v) is 13.2. The van der Waals surface area contributed by atoms with E-state index in [0.717, 1.165) is 9.13 Å². The fourth-order valence-electron chi connectivity index (χ4n) is 5.30. The van der Waals surface area contributed by atoms with Gasteiger partial charge >= 0.3 is 0 Å². The van der Waals surface area contributed by atoms with Gasteiger partial charge in [0.2, 0.25) is 0 Å². The maximum absolute atomic E-state index is 9.83. The van der Waals surface area contributed by atoms with Crippen molar-refractivity contribution in [2.75, 3.05) is 0 Å². The van der Waals surface area contributed by atoms with Crippen LogP contribution in [0.1, 0.15) is 32.9 Å². The Morgan fingerprint density at radius 2 is 0.864 bits per heavy atom. The van der Waals surface area contributed by atoms with Crippen molar-refractivity contribution >= 4 is 43.6 Å². The van der Waals surface area contributed by atoms with Crippen LogP contribution < -0.4 is 0 Å². The molecule has 2 heteroatoms. The smallest absolute Gasteiger partial charge is 0.0652 e. The van der Waals surface area contributed by atoms with Crippen LogP contribution >= 0.6 is 0 Å². The summed E-state index contributed by atoms with van der Waals surface area (Å²) in [7, 11) is 0. The molecule has 206 valence electrons. The molecule has 0 unspecified atom stereocenters. The largest absolute Gasteiger partial charge is 0.309 e. The zero-order chi connectivity index (χ0) is 49.9. The fraction of sp³-hybridized carbons (Fsp3) is 0. The molecule has 0 saturated carbocycles. The zero-order valence-corrected chi connectivity index (χ0v) is 22.2. The number of aromatic nitrogens is 2. The first kappa shape index (κ1) is 10.7. The lowest BCUT2D eigenvalue weighted by molar-refractivity contribution is 1.17. The van der Waals surface area contributed by atoms with Gasteiger partial charge in [-0.05, 0) is 76.7 Å². The van der Waals surface area contributed by atoms with Crippen LogP contribution in [0.25, 0.3) is 77.2 Å². The Bertz CT molecular complexity index is 3740. The van der Waals surface area contributed by atoms with E-state index in [0.29, 0.717) is 0 Å². The quantitative estimate of drug-likeness (QED) is 0.195. The number of para-hydroxylation sites is 3. The summed E-state index contributed by atoms with van der Waals surface area (Å²) in [6.45, 7) is 0. The third-order valence-corrected chi connectivity index (χ3v) is 7.18. The molecule has 9 aromatic rings. The third-order valence-electron chi connectivity index (χ3n) is 7.18. The van der Waals surface area contributed by atoms with Gasteiger partial charge in [-0.3, -0.25) is 0 Å². The predicted octanol–water partition coefficient (Wildman–Crippen LogP) is 11.2. The van der Waals surface area contributed by atoms with Crippen LogP contribution in [0.3, 0.4) is 0 Å². The summed E-state index contributed by atoms with van der Waals surface area (Å²) in [5.74, 6) is 0. The lowest BCUT2D eigenvalue weighted by Gasteiger charge is -2.12. The van der Waals surface area contributed by atoms with Gasteiger partial charge in [0.25, 0.3) is 0 Å². The number of hydrogen-bond acceptors (Lipinski definition) is 0. The van der Waals surface area contributed by atoms with E-state index in [1.807, 2.05) is 0 Å². The molecule has 9 rings (SSSR count). The van der Waals surface area contributed by atoms with Crippen LogP contribution in [-0.4, -0.2) is 9.13 Å². The van der Waals surface area contributed by atoms with Crippen molar-refractivity contribution in [1.29, 1.82) is 0 Å². The van der Waals surface area contributed by atoms with Gasteiger partial charge < -0.3 is 9.13 Å². The predicted molar refractivity (Wildman–Crippen MR) is 186 cm³/mol. The standard InChI is InChI=1S/C42H28N2/c1-2-12-29(13-3-1)30-14-10-15-31(26-30)32-16-11-17-33(27-32)43-41-23-9-6-20-37(41)38-28-34(24-25-42(38)43)44-39-21-7-4-18-35(39)36-19-5-8-22-40(36)44/h1-28H/i1D,2D,3D,4D,5D,6D,7D,8D,9D,11D,12D,13D,16D,17D,18D,19D,20D,21D,22D,23D,24D,25D,27D,28D. The van der Waals surface area contributed by atoms with Crippen LogP contribution in [0.2, 0.25) is 0 Å². The lowest BCUT2D eigenvalue weighted by atomic mass is 9.99. The van der Waals surface area contributed by atoms with Crippen LogP contribution in [0.4, 0.5) is 0 Å². The zero-order valence-electron chi connectivity index (χ0n) is 46.2. The first-order valence-electron chi connectivity index (χ1n) is 25.2. The number of hydrogen-bond donors (Lipinski definition) is 0. The Morgan fingerprint density at radius 3 is 1.52 bits per heavy atom. The molecule has 0 fully saturated rings. The van der Waals surface area contributed by atoms with Gasteiger partial charge in [-0.25, -0.2) is 0 Å². The first-order chi connectivity index (χ1) is 31.8. The second kappa shape index (κ2) is 9.86. The average Bonchev–Trinajstić information content (AvgIpc) is 3.85. The van der Waals surface area contributed by atoms with Crippen molar-refractivity contribution in [2.24, 2.45) is 0 Å². The average molecular weight is 585 g/mol. The van der Waals surface area contributed by atoms with Gasteiger partial charge in [-0.2, -0.15) is 0 Å². The summed E-state index contributed by atoms with van der Waals surface area (Å²) in [5, 5.41) is -1.84. The summed E-state index contributed by atoms with van der Waals surface area (Å²) in [6, 6.07) is -12.9. The van der Waals surface area contributed by atoms with Crippen LogP contribution in [0.5, 0.6) is 0 Å². The normalized spacial score (nSPS) is 19.3. The van der Waals surface area contributed by atoms with E-state index in [4.69, 9.17) is 26.0 Å². The highest BCUT2D eigenvalue weighted by Gasteiger charge is 2.16. The molecule has 0 spiro atoms. The second-order valence-electron chi connectivity index (χ2n) is 9.59. The third kappa shape index (κ3) is 3.82. The molecule has 0 N–H and O–H groups in total. The fourth-order valence-corrected chi connectivity index (χ4v) is 5.30. The molecule has 0 saturated heterocycles. The Labute approximate surface area is 289 Å². The van der Waals surface area contributed by atoms with Crippen LogP contribution in [0, 0.1) is 0 Å². The molecular weight excluding hydrogens is 532 g/mol. The Hall–Kier alpha value is -5.86. The number of nitrogens with zero attached hydrogens (tertiary/aromatic N) is 2. The van der Waals surface area contributed by atoms with E-state index in [-0.39, 0.29) is 22.3 Å². The van der Waals surface area contributed by atoms with E-state index >= 15 is 0 Å². The van der Waals surface area contributed by atoms with E-state index in [1.165, 1.54) is 24.3 Å². The van der Waals surface area contributed by atoms with Gasteiger partial charge in [0.1, 0.15) is 0 Å². The van der Waals surface area contributed by atoms with Crippen LogP contribution in [0.15, 0.2) is 169 Å². The maximum Gasteiger partial charge on any atom is 0.0652 e. The topological polar surface area (TPSA) is 9.86 Å². The number of benzene rings is 7. The van der Waals surface area contributed by atoms with E-state index in [2.05, 4.69) is 0 Å². The number of rotatable bonds is 4. The monoisotopic (exact) mass is 584 g/mol. The molecule has 0 atom stereocenters. The highest BCUT2D eigenvalue weighted by molar-refractivity contribution is 6.12. The van der Waals surface area contributed by atoms with Crippen molar-refractivity contribution in [1.82, 2.24) is 9.13 Å². The molecule has 0 aliphatic rings. The molecule has 2 heterocycles. The molecule has 7 aromatic carbocycles. The summed E-state index contributed by atoms with van der Waals surface area (Å²) in [5.41, 5.74) is -4.08. The molecule has 0 aliphatic heterocycles. The van der Waals surface area contributed by atoms with Crippen molar-refractivity contribution in [2.45, 2.75) is 0 Å². The van der Waals surface area contributed by atoms with Gasteiger partial charge in [0.05, 0.1) is 55.0 Å². The summed E-state index contributed by atoms with van der Waals surface area (Å²) < 4.78 is 214. The van der Waals surface area contributed by atoms with Crippen LogP contribution in [-0.2, 0) is 0 Å². The van der Waals surface area contributed by atoms with E-state index < -0.39 is 200 Å². The van der Waals surface area contributed by atoms with E-state index in [1.54, 1.807) is 0 Å². The van der Waals surface area contributed by atoms with Crippen molar-refractivity contribution in [3.05, 3.63) is 169 Å². The molecular formula is C42H28N2. The van der Waals surface area contributed by atoms with Crippen molar-refractivity contribution < 1.29 is 32.9 Å². The molecule has 2 aromatic heterocycles. The van der Waals surface area contributed by atoms with Gasteiger partial charge in [-0.1, -0.05) is 115 Å². The van der Waals surface area contributed by atoms with Crippen molar-refractivity contribution in [3.8, 4) is 33.6 Å². The van der Waals surface area contributed by atoms with Gasteiger partial charge in [0, 0.05) is 32.9 Å². The maximum atomic E-state index is 9.83. The van der Waals surface area contributed by atoms with Crippen molar-refractivity contribution in [3.63, 3.8) is 0 Å². The highest BCUT2D eigenvalue weighted by Crippen LogP contribution is 2.37. The highest BCUT2D eigenvalue weighted by atomic mass is 15.0. The summed E-state index contributed by atoms with van der Waals surface area (Å²) in [6.07, 6.45) is 0. The lowest BCUT2D eigenvalue weighted by Crippen LogP contribution is -1.96. The van der Waals surface area contributed by atoms with Gasteiger partial charge in [0.15, 0.2) is 0 Å². The van der Waals surface area contributed by atoms with E-state index in [9.17, 15) is 6.85 Å². The Balaban J connectivity index is 1.48. The molecule has 0 amide bonds. The Kier molecular flexibility index (Phi) is 2.40. The number of fused-ring (bicyclic) bond motifs is 6.